The first-order valence-electron chi connectivity index (χ1n) is 41.4. The monoisotopic (exact) mass is 1280 g/mol. The van der Waals surface area contributed by atoms with Crippen LogP contribution in [0.3, 0.4) is 0 Å². The van der Waals surface area contributed by atoms with Gasteiger partial charge in [-0.3, -0.25) is 14.7 Å². The van der Waals surface area contributed by atoms with Crippen molar-refractivity contribution in [1.29, 1.82) is 0 Å². The van der Waals surface area contributed by atoms with Crippen molar-refractivity contribution in [2.45, 2.75) is 324 Å². The molecule has 0 radical (unpaired) electrons. The average molecular weight is 1280 g/mol. The smallest absolute Gasteiger partial charge is 0.0371 e. The maximum Gasteiger partial charge on any atom is 0.0371 e. The van der Waals surface area contributed by atoms with Crippen LogP contribution in [0.4, 0.5) is 17.1 Å². The predicted octanol–water partition coefficient (Wildman–Crippen LogP) is 18.3. The number of fused-ring (bicyclic) bond motifs is 9. The van der Waals surface area contributed by atoms with Crippen LogP contribution in [0.1, 0.15) is 212 Å². The molecule has 3 aromatic carbocycles. The van der Waals surface area contributed by atoms with Gasteiger partial charge in [-0.25, -0.2) is 0 Å². The molecule has 6 aliphatic heterocycles. The van der Waals surface area contributed by atoms with Crippen molar-refractivity contribution in [2.24, 2.45) is 107 Å². The minimum absolute atomic E-state index is 0.294. The number of aryl methyl sites for hydroxylation is 3. The van der Waals surface area contributed by atoms with Gasteiger partial charge < -0.3 is 14.7 Å². The topological polar surface area (TPSA) is 19.4 Å². The molecule has 0 N–H and O–H groups in total. The molecular weight excluding hydrogens is 1160 g/mol. The number of nitrogens with zero attached hydrogens (tertiary/aromatic N) is 6. The summed E-state index contributed by atoms with van der Waals surface area (Å²) in [6.07, 6.45) is 35.2. The molecule has 94 heavy (non-hydrogen) atoms. The standard InChI is InChI=1S/C87H123N6P/c1-46-10-22-55(23-11-46)88-58-34-79-85-82(37-58)92-77-32-20-53(8)65-41-62-50(5)17-29-74(68(62)44-71(65)77)89(56-24-12-47(2)13-25-56)59-35-80(92)86-84(39-59)93-78-33-21-54(9)66-42-63-51(6)18-30-75(69(63)45-72(66)78)90(57-26-14-48(3)15-27-57)60-36-81(93)87(94(85)86)83(38-60)91(79)76-31-19-52(7)64-40-61-49(4)16-28-73(88)67(61)43-70(64)76/h10-15,22-27,49-54,58-87H,16-21,28-45H2,1-9H3. The van der Waals surface area contributed by atoms with Gasteiger partial charge in [0.25, 0.3) is 0 Å². The molecule has 3 aromatic rings. The molecule has 0 spiro atoms. The van der Waals surface area contributed by atoms with Gasteiger partial charge in [0.15, 0.2) is 0 Å². The molecular formula is C87H123N6P. The normalized spacial score (nSPS) is 54.0. The third-order valence-corrected chi connectivity index (χ3v) is 39.7. The zero-order chi connectivity index (χ0) is 62.7. The van der Waals surface area contributed by atoms with Gasteiger partial charge in [-0.2, -0.15) is 0 Å². The van der Waals surface area contributed by atoms with Gasteiger partial charge >= 0.3 is 0 Å². The van der Waals surface area contributed by atoms with Crippen LogP contribution in [0.15, 0.2) is 72.8 Å². The number of hydrogen-bond acceptors (Lipinski definition) is 6. The van der Waals surface area contributed by atoms with E-state index in [9.17, 15) is 0 Å². The summed E-state index contributed by atoms with van der Waals surface area (Å²) < 4.78 is 0. The van der Waals surface area contributed by atoms with E-state index in [0.717, 1.165) is 142 Å². The quantitative estimate of drug-likeness (QED) is 0.242. The molecule has 6 heterocycles. The zero-order valence-corrected chi connectivity index (χ0v) is 60.7. The van der Waals surface area contributed by atoms with Crippen LogP contribution in [0.2, 0.25) is 0 Å². The molecule has 506 valence electrons. The molecule has 7 heteroatoms. The lowest BCUT2D eigenvalue weighted by Crippen LogP contribution is -2.85. The van der Waals surface area contributed by atoms with Crippen molar-refractivity contribution in [1.82, 2.24) is 14.7 Å². The van der Waals surface area contributed by atoms with Crippen LogP contribution < -0.4 is 14.7 Å². The lowest BCUT2D eigenvalue weighted by atomic mass is 9.51. The van der Waals surface area contributed by atoms with Crippen LogP contribution in [0.25, 0.3) is 0 Å². The van der Waals surface area contributed by atoms with Crippen molar-refractivity contribution >= 4 is 25.0 Å². The Kier molecular flexibility index (Phi) is 14.2. The van der Waals surface area contributed by atoms with Gasteiger partial charge in [0.05, 0.1) is 0 Å². The summed E-state index contributed by atoms with van der Waals surface area (Å²) in [6.45, 7) is 23.8. The van der Waals surface area contributed by atoms with Gasteiger partial charge in [0.1, 0.15) is 0 Å². The van der Waals surface area contributed by atoms with Crippen LogP contribution in [-0.4, -0.2) is 122 Å². The van der Waals surface area contributed by atoms with E-state index in [1.54, 1.807) is 17.1 Å². The Bertz CT molecular complexity index is 2990. The van der Waals surface area contributed by atoms with E-state index in [1.165, 1.54) is 171 Å². The maximum absolute atomic E-state index is 3.80. The molecule has 21 rings (SSSR count). The van der Waals surface area contributed by atoms with E-state index >= 15 is 0 Å². The summed E-state index contributed by atoms with van der Waals surface area (Å²) in [6, 6.07) is 41.7. The Morgan fingerprint density at radius 2 is 0.436 bits per heavy atom. The number of anilines is 3. The third kappa shape index (κ3) is 8.57. The van der Waals surface area contributed by atoms with Gasteiger partial charge in [-0.1, -0.05) is 103 Å². The van der Waals surface area contributed by atoms with Gasteiger partial charge in [0.2, 0.25) is 0 Å². The third-order valence-electron chi connectivity index (χ3n) is 35.6. The summed E-state index contributed by atoms with van der Waals surface area (Å²) >= 11 is 0. The molecule has 0 amide bonds. The minimum atomic E-state index is -0.294. The number of benzene rings is 3. The van der Waals surface area contributed by atoms with Gasteiger partial charge in [-0.15, -0.1) is 0 Å². The fraction of sp³-hybridized carbons (Fsp3) is 0.793. The predicted molar refractivity (Wildman–Crippen MR) is 389 cm³/mol. The van der Waals surface area contributed by atoms with Crippen molar-refractivity contribution < 1.29 is 0 Å². The average Bonchev–Trinajstić information content (AvgIpc) is 0.665. The molecule has 30 atom stereocenters. The van der Waals surface area contributed by atoms with E-state index in [1.807, 2.05) is 0 Å². The highest BCUT2D eigenvalue weighted by Gasteiger charge is 2.74. The molecule has 18 fully saturated rings. The van der Waals surface area contributed by atoms with E-state index < -0.39 is 0 Å². The highest BCUT2D eigenvalue weighted by molar-refractivity contribution is 7.60. The van der Waals surface area contributed by atoms with Crippen molar-refractivity contribution in [3.63, 3.8) is 0 Å². The molecule has 12 saturated carbocycles. The largest absolute Gasteiger partial charge is 0.365 e. The molecule has 12 bridgehead atoms. The number of hydrogen-bond donors (Lipinski definition) is 0. The fourth-order valence-corrected chi connectivity index (χ4v) is 37.3. The van der Waals surface area contributed by atoms with Crippen LogP contribution in [0, 0.1) is 127 Å². The molecule has 18 aliphatic rings. The first-order chi connectivity index (χ1) is 45.8. The molecule has 6 nitrogen and oxygen atoms in total. The van der Waals surface area contributed by atoms with Crippen LogP contribution in [-0.2, 0) is 0 Å². The van der Waals surface area contributed by atoms with E-state index in [4.69, 9.17) is 0 Å². The first kappa shape index (κ1) is 60.2. The Hall–Kier alpha value is -2.63. The Labute approximate surface area is 571 Å². The highest BCUT2D eigenvalue weighted by Crippen LogP contribution is 2.76. The second-order valence-corrected chi connectivity index (χ2v) is 41.6. The summed E-state index contributed by atoms with van der Waals surface area (Å²) in [4.78, 5) is 21.5. The zero-order valence-electron chi connectivity index (χ0n) is 59.8. The molecule has 0 aromatic heterocycles. The maximum atomic E-state index is 3.80. The summed E-state index contributed by atoms with van der Waals surface area (Å²) in [7, 11) is -0.294. The van der Waals surface area contributed by atoms with E-state index in [-0.39, 0.29) is 7.92 Å². The van der Waals surface area contributed by atoms with Gasteiger partial charge in [0, 0.05) is 125 Å². The Balaban J connectivity index is 0.831. The second kappa shape index (κ2) is 22.2. The van der Waals surface area contributed by atoms with Crippen LogP contribution in [0.5, 0.6) is 0 Å². The lowest BCUT2D eigenvalue weighted by molar-refractivity contribution is -0.153. The number of rotatable bonds is 3. The summed E-state index contributed by atoms with van der Waals surface area (Å²) in [5.41, 5.74) is 11.7. The highest BCUT2D eigenvalue weighted by atomic mass is 31.1. The first-order valence-corrected chi connectivity index (χ1v) is 43.0. The van der Waals surface area contributed by atoms with E-state index in [0.29, 0.717) is 72.5 Å². The minimum Gasteiger partial charge on any atom is -0.365 e. The molecule has 12 aliphatic carbocycles. The fourth-order valence-electron chi connectivity index (χ4n) is 32.1. The second-order valence-electron chi connectivity index (χ2n) is 38.9. The van der Waals surface area contributed by atoms with Gasteiger partial charge in [-0.05, 0) is 318 Å². The molecule has 30 unspecified atom stereocenters. The van der Waals surface area contributed by atoms with Crippen molar-refractivity contribution in [3.05, 3.63) is 89.5 Å². The Morgan fingerprint density at radius 3 is 0.670 bits per heavy atom. The summed E-state index contributed by atoms with van der Waals surface area (Å²) in [5, 5.41) is 0. The molecule has 6 saturated heterocycles. The Morgan fingerprint density at radius 1 is 0.234 bits per heavy atom. The van der Waals surface area contributed by atoms with Crippen molar-refractivity contribution in [3.8, 4) is 0 Å². The van der Waals surface area contributed by atoms with Crippen molar-refractivity contribution in [2.75, 3.05) is 14.7 Å². The SMILES string of the molecule is Cc1ccc(N2C3CC4C5C(C3)N3C6CCC(C)C7CC8C(C)CCC(C8CC76)N(c6ccc(C)cc6)C6CC3C3C(C6)N6C7CCC(C)C8CC9C(C)CCC(C9CC87)N(c7ccc(C)cc7)C7CC6C(C(C7)N4C4CCC(C)C6CC7C(C)CCC2C7CC64)P53)cc1. The lowest BCUT2D eigenvalue weighted by Gasteiger charge is -2.78. The van der Waals surface area contributed by atoms with Crippen LogP contribution >= 0.6 is 7.92 Å². The van der Waals surface area contributed by atoms with E-state index in [2.05, 4.69) is 165 Å². The summed E-state index contributed by atoms with van der Waals surface area (Å²) in [5.74, 6) is 15.3.